The van der Waals surface area contributed by atoms with Gasteiger partial charge in [0.15, 0.2) is 0 Å². The Morgan fingerprint density at radius 3 is 2.72 bits per heavy atom. The molecule has 7 heteroatoms. The van der Waals surface area contributed by atoms with Gasteiger partial charge in [-0.15, -0.1) is 0 Å². The number of methoxy groups -OCH3 is 1. The van der Waals surface area contributed by atoms with Gasteiger partial charge in [0.2, 0.25) is 5.76 Å². The van der Waals surface area contributed by atoms with Crippen molar-refractivity contribution >= 4 is 5.97 Å². The molecule has 0 aliphatic rings. The van der Waals surface area contributed by atoms with Crippen LogP contribution in [0.2, 0.25) is 0 Å². The lowest BCUT2D eigenvalue weighted by Gasteiger charge is -2.17. The van der Waals surface area contributed by atoms with Gasteiger partial charge in [-0.25, -0.2) is 4.79 Å². The second-order valence-corrected chi connectivity index (χ2v) is 3.87. The van der Waals surface area contributed by atoms with E-state index in [0.717, 1.165) is 0 Å². The molecule has 1 heterocycles. The van der Waals surface area contributed by atoms with Crippen molar-refractivity contribution in [1.82, 2.24) is 4.90 Å². The van der Waals surface area contributed by atoms with Crippen molar-refractivity contribution in [2.45, 2.75) is 19.1 Å². The SMILES string of the molecule is COC(=O)c1occc1CN(C)CCC(F)(F)F. The number of hydrogen-bond acceptors (Lipinski definition) is 4. The van der Waals surface area contributed by atoms with Crippen LogP contribution >= 0.6 is 0 Å². The van der Waals surface area contributed by atoms with Crippen LogP contribution in [0.4, 0.5) is 13.2 Å². The van der Waals surface area contributed by atoms with Crippen LogP contribution in [-0.4, -0.2) is 37.7 Å². The minimum atomic E-state index is -4.18. The summed E-state index contributed by atoms with van der Waals surface area (Å²) in [6, 6.07) is 1.54. The lowest BCUT2D eigenvalue weighted by atomic mass is 10.2. The van der Waals surface area contributed by atoms with E-state index in [-0.39, 0.29) is 18.8 Å². The number of halogens is 3. The summed E-state index contributed by atoms with van der Waals surface area (Å²) in [7, 11) is 2.75. The van der Waals surface area contributed by atoms with E-state index in [1.165, 1.54) is 24.3 Å². The van der Waals surface area contributed by atoms with Gasteiger partial charge in [0.25, 0.3) is 0 Å². The normalized spacial score (nSPS) is 11.9. The molecular formula is C11H14F3NO3. The molecule has 0 N–H and O–H groups in total. The molecule has 102 valence electrons. The van der Waals surface area contributed by atoms with Crippen LogP contribution < -0.4 is 0 Å². The van der Waals surface area contributed by atoms with Gasteiger partial charge in [0.05, 0.1) is 19.8 Å². The molecule has 18 heavy (non-hydrogen) atoms. The molecule has 0 amide bonds. The average Bonchev–Trinajstić information content (AvgIpc) is 2.72. The van der Waals surface area contributed by atoms with Gasteiger partial charge in [-0.05, 0) is 13.1 Å². The molecule has 0 bridgehead atoms. The molecule has 0 unspecified atom stereocenters. The summed E-state index contributed by atoms with van der Waals surface area (Å²) in [6.07, 6.45) is -3.77. The van der Waals surface area contributed by atoms with Crippen molar-refractivity contribution in [1.29, 1.82) is 0 Å². The highest BCUT2D eigenvalue weighted by atomic mass is 19.4. The van der Waals surface area contributed by atoms with Crippen molar-refractivity contribution in [2.75, 3.05) is 20.7 Å². The summed E-state index contributed by atoms with van der Waals surface area (Å²) in [6.45, 7) is 0.0479. The summed E-state index contributed by atoms with van der Waals surface area (Å²) < 4.78 is 45.6. The van der Waals surface area contributed by atoms with Crippen LogP contribution in [0.1, 0.15) is 22.5 Å². The molecule has 0 radical (unpaired) electrons. The minimum Gasteiger partial charge on any atom is -0.463 e. The third kappa shape index (κ3) is 4.40. The van der Waals surface area contributed by atoms with E-state index in [4.69, 9.17) is 4.42 Å². The molecule has 4 nitrogen and oxygen atoms in total. The molecule has 0 fully saturated rings. The minimum absolute atomic E-state index is 0.0244. The lowest BCUT2D eigenvalue weighted by Crippen LogP contribution is -2.24. The molecular weight excluding hydrogens is 251 g/mol. The second-order valence-electron chi connectivity index (χ2n) is 3.87. The number of furan rings is 1. The zero-order valence-electron chi connectivity index (χ0n) is 10.1. The van der Waals surface area contributed by atoms with Crippen LogP contribution in [-0.2, 0) is 11.3 Å². The maximum absolute atomic E-state index is 12.0. The quantitative estimate of drug-likeness (QED) is 0.767. The third-order valence-electron chi connectivity index (χ3n) is 2.33. The molecule has 0 aliphatic heterocycles. The van der Waals surface area contributed by atoms with E-state index >= 15 is 0 Å². The fraction of sp³-hybridized carbons (Fsp3) is 0.545. The number of nitrogens with zero attached hydrogens (tertiary/aromatic N) is 1. The van der Waals surface area contributed by atoms with E-state index in [1.54, 1.807) is 7.05 Å². The van der Waals surface area contributed by atoms with Gasteiger partial charge < -0.3 is 14.1 Å². The van der Waals surface area contributed by atoms with Crippen molar-refractivity contribution in [3.8, 4) is 0 Å². The Bertz CT molecular complexity index is 400. The van der Waals surface area contributed by atoms with E-state index in [9.17, 15) is 18.0 Å². The summed E-state index contributed by atoms with van der Waals surface area (Å²) in [5, 5.41) is 0. The zero-order chi connectivity index (χ0) is 13.8. The van der Waals surface area contributed by atoms with Gasteiger partial charge >= 0.3 is 12.1 Å². The number of hydrogen-bond donors (Lipinski definition) is 0. The summed E-state index contributed by atoms with van der Waals surface area (Å²) >= 11 is 0. The Hall–Kier alpha value is -1.50. The number of alkyl halides is 3. The second kappa shape index (κ2) is 5.90. The maximum Gasteiger partial charge on any atom is 0.390 e. The molecule has 1 aromatic rings. The predicted molar refractivity (Wildman–Crippen MR) is 57.1 cm³/mol. The van der Waals surface area contributed by atoms with E-state index in [2.05, 4.69) is 4.74 Å². The molecule has 0 spiro atoms. The van der Waals surface area contributed by atoms with E-state index in [0.29, 0.717) is 5.56 Å². The van der Waals surface area contributed by atoms with Gasteiger partial charge in [0, 0.05) is 18.7 Å². The third-order valence-corrected chi connectivity index (χ3v) is 2.33. The molecule has 0 saturated heterocycles. The van der Waals surface area contributed by atoms with Crippen LogP contribution in [0.3, 0.4) is 0 Å². The molecule has 0 saturated carbocycles. The van der Waals surface area contributed by atoms with Gasteiger partial charge in [0.1, 0.15) is 0 Å². The van der Waals surface area contributed by atoms with Crippen LogP contribution in [0.25, 0.3) is 0 Å². The van der Waals surface area contributed by atoms with Gasteiger partial charge in [-0.2, -0.15) is 13.2 Å². The first-order valence-electron chi connectivity index (χ1n) is 5.23. The van der Waals surface area contributed by atoms with Crippen molar-refractivity contribution in [3.05, 3.63) is 23.7 Å². The van der Waals surface area contributed by atoms with Crippen LogP contribution in [0, 0.1) is 0 Å². The van der Waals surface area contributed by atoms with E-state index < -0.39 is 18.6 Å². The number of carbonyl (C=O) groups is 1. The van der Waals surface area contributed by atoms with Crippen LogP contribution in [0.5, 0.6) is 0 Å². The number of carbonyl (C=O) groups excluding carboxylic acids is 1. The first kappa shape index (κ1) is 14.6. The number of ether oxygens (including phenoxy) is 1. The maximum atomic E-state index is 12.0. The Labute approximate surface area is 102 Å². The standard InChI is InChI=1S/C11H14F3NO3/c1-15(5-4-11(12,13)14)7-8-3-6-18-9(8)10(16)17-2/h3,6H,4-5,7H2,1-2H3. The Kier molecular flexibility index (Phi) is 4.77. The largest absolute Gasteiger partial charge is 0.463 e. The lowest BCUT2D eigenvalue weighted by molar-refractivity contribution is -0.137. The average molecular weight is 265 g/mol. The fourth-order valence-corrected chi connectivity index (χ4v) is 1.42. The first-order chi connectivity index (χ1) is 8.33. The molecule has 0 atom stereocenters. The number of esters is 1. The first-order valence-corrected chi connectivity index (χ1v) is 5.23. The summed E-state index contributed by atoms with van der Waals surface area (Å²) in [5.74, 6) is -0.615. The molecule has 1 aromatic heterocycles. The highest BCUT2D eigenvalue weighted by molar-refractivity contribution is 5.87. The van der Waals surface area contributed by atoms with Gasteiger partial charge in [-0.1, -0.05) is 0 Å². The highest BCUT2D eigenvalue weighted by Crippen LogP contribution is 2.20. The Morgan fingerprint density at radius 1 is 1.50 bits per heavy atom. The monoisotopic (exact) mass is 265 g/mol. The van der Waals surface area contributed by atoms with Crippen molar-refractivity contribution < 1.29 is 27.1 Å². The smallest absolute Gasteiger partial charge is 0.390 e. The van der Waals surface area contributed by atoms with Crippen molar-refractivity contribution in [2.24, 2.45) is 0 Å². The molecule has 0 aromatic carbocycles. The van der Waals surface area contributed by atoms with E-state index in [1.807, 2.05) is 0 Å². The molecule has 1 rings (SSSR count). The molecule has 0 aliphatic carbocycles. The van der Waals surface area contributed by atoms with Crippen molar-refractivity contribution in [3.63, 3.8) is 0 Å². The summed E-state index contributed by atoms with van der Waals surface area (Å²) in [4.78, 5) is 12.7. The Balaban J connectivity index is 2.57. The fourth-order valence-electron chi connectivity index (χ4n) is 1.42. The topological polar surface area (TPSA) is 42.7 Å². The summed E-state index contributed by atoms with van der Waals surface area (Å²) in [5.41, 5.74) is 0.506. The highest BCUT2D eigenvalue weighted by Gasteiger charge is 2.27. The number of rotatable bonds is 5. The zero-order valence-corrected chi connectivity index (χ0v) is 10.1. The van der Waals surface area contributed by atoms with Crippen LogP contribution in [0.15, 0.2) is 16.7 Å². The van der Waals surface area contributed by atoms with Gasteiger partial charge in [-0.3, -0.25) is 0 Å². The Morgan fingerprint density at radius 2 is 2.17 bits per heavy atom. The predicted octanol–water partition coefficient (Wildman–Crippen LogP) is 2.45.